The maximum atomic E-state index is 12.3. The van der Waals surface area contributed by atoms with E-state index in [9.17, 15) is 9.59 Å². The zero-order chi connectivity index (χ0) is 14.9. The SMILES string of the molecule is O=C1CCC2(N1)c1ccccc1-c1[nH]c(=O)c3nccn3c12. The molecule has 5 rings (SSSR count). The summed E-state index contributed by atoms with van der Waals surface area (Å²) in [6.45, 7) is 0. The minimum atomic E-state index is -0.577. The summed E-state index contributed by atoms with van der Waals surface area (Å²) in [6, 6.07) is 7.89. The molecule has 0 saturated carbocycles. The van der Waals surface area contributed by atoms with Gasteiger partial charge in [-0.2, -0.15) is 0 Å². The van der Waals surface area contributed by atoms with Crippen LogP contribution in [-0.2, 0) is 10.3 Å². The predicted octanol–water partition coefficient (Wildman–Crippen LogP) is 1.16. The highest BCUT2D eigenvalue weighted by molar-refractivity contribution is 5.86. The van der Waals surface area contributed by atoms with Crippen molar-refractivity contribution in [1.82, 2.24) is 19.7 Å². The fraction of sp³-hybridized carbons (Fsp3) is 0.188. The molecule has 22 heavy (non-hydrogen) atoms. The Kier molecular flexibility index (Phi) is 1.95. The predicted molar refractivity (Wildman–Crippen MR) is 79.4 cm³/mol. The average molecular weight is 292 g/mol. The zero-order valence-corrected chi connectivity index (χ0v) is 11.6. The van der Waals surface area contributed by atoms with Gasteiger partial charge in [-0.05, 0) is 12.0 Å². The number of imidazole rings is 1. The molecular weight excluding hydrogens is 280 g/mol. The molecule has 1 spiro atoms. The van der Waals surface area contributed by atoms with Gasteiger partial charge in [-0.15, -0.1) is 0 Å². The van der Waals surface area contributed by atoms with E-state index in [1.807, 2.05) is 24.3 Å². The van der Waals surface area contributed by atoms with Crippen molar-refractivity contribution in [3.8, 4) is 11.3 Å². The third-order valence-corrected chi connectivity index (χ3v) is 4.70. The Morgan fingerprint density at radius 3 is 2.91 bits per heavy atom. The van der Waals surface area contributed by atoms with Crippen LogP contribution in [0.5, 0.6) is 0 Å². The molecule has 6 heteroatoms. The normalized spacial score (nSPS) is 22.1. The van der Waals surface area contributed by atoms with Crippen LogP contribution in [0.15, 0.2) is 41.5 Å². The lowest BCUT2D eigenvalue weighted by Gasteiger charge is -2.26. The van der Waals surface area contributed by atoms with Gasteiger partial charge in [-0.1, -0.05) is 24.3 Å². The van der Waals surface area contributed by atoms with Gasteiger partial charge >= 0.3 is 0 Å². The Labute approximate surface area is 124 Å². The Hall–Kier alpha value is -2.89. The van der Waals surface area contributed by atoms with E-state index in [-0.39, 0.29) is 11.5 Å². The molecule has 1 aromatic carbocycles. The van der Waals surface area contributed by atoms with E-state index in [0.29, 0.717) is 18.5 Å². The van der Waals surface area contributed by atoms with Crippen molar-refractivity contribution in [3.63, 3.8) is 0 Å². The van der Waals surface area contributed by atoms with Crippen LogP contribution in [0.3, 0.4) is 0 Å². The number of rotatable bonds is 0. The van der Waals surface area contributed by atoms with Gasteiger partial charge < -0.3 is 10.3 Å². The summed E-state index contributed by atoms with van der Waals surface area (Å²) in [7, 11) is 0. The molecule has 2 N–H and O–H groups in total. The summed E-state index contributed by atoms with van der Waals surface area (Å²) in [5.74, 6) is 0.0297. The second-order valence-corrected chi connectivity index (χ2v) is 5.80. The lowest BCUT2D eigenvalue weighted by Crippen LogP contribution is -2.40. The van der Waals surface area contributed by atoms with Crippen LogP contribution in [0.1, 0.15) is 24.1 Å². The first-order chi connectivity index (χ1) is 10.7. The third kappa shape index (κ3) is 1.19. The first-order valence-electron chi connectivity index (χ1n) is 7.21. The quantitative estimate of drug-likeness (QED) is 0.652. The van der Waals surface area contributed by atoms with Gasteiger partial charge in [0.2, 0.25) is 11.6 Å². The molecule has 1 aliphatic heterocycles. The second-order valence-electron chi connectivity index (χ2n) is 5.80. The average Bonchev–Trinajstić information content (AvgIpc) is 3.20. The fourth-order valence-corrected chi connectivity index (χ4v) is 3.86. The van der Waals surface area contributed by atoms with Crippen molar-refractivity contribution < 1.29 is 4.79 Å². The molecule has 2 aliphatic rings. The van der Waals surface area contributed by atoms with Gasteiger partial charge in [0, 0.05) is 24.4 Å². The smallest absolute Gasteiger partial charge is 0.292 e. The molecule has 0 radical (unpaired) electrons. The number of hydrogen-bond donors (Lipinski definition) is 2. The van der Waals surface area contributed by atoms with E-state index in [1.165, 1.54) is 0 Å². The summed E-state index contributed by atoms with van der Waals surface area (Å²) < 4.78 is 1.81. The van der Waals surface area contributed by atoms with E-state index in [1.54, 1.807) is 16.8 Å². The van der Waals surface area contributed by atoms with Crippen LogP contribution in [0.25, 0.3) is 16.9 Å². The van der Waals surface area contributed by atoms with E-state index < -0.39 is 5.54 Å². The van der Waals surface area contributed by atoms with E-state index in [0.717, 1.165) is 22.5 Å². The number of H-pyrrole nitrogens is 1. The Morgan fingerprint density at radius 2 is 2.09 bits per heavy atom. The lowest BCUT2D eigenvalue weighted by atomic mass is 9.89. The van der Waals surface area contributed by atoms with Gasteiger partial charge in [0.15, 0.2) is 0 Å². The van der Waals surface area contributed by atoms with Crippen LogP contribution in [0.2, 0.25) is 0 Å². The minimum absolute atomic E-state index is 0.0297. The van der Waals surface area contributed by atoms with Gasteiger partial charge in [0.05, 0.1) is 11.4 Å². The van der Waals surface area contributed by atoms with Crippen molar-refractivity contribution in [2.24, 2.45) is 0 Å². The molecule has 1 aliphatic carbocycles. The summed E-state index contributed by atoms with van der Waals surface area (Å²) in [5, 5.41) is 3.13. The first-order valence-corrected chi connectivity index (χ1v) is 7.21. The molecule has 0 bridgehead atoms. The number of amides is 1. The Balaban J connectivity index is 2.00. The molecule has 3 aromatic rings. The highest BCUT2D eigenvalue weighted by atomic mass is 16.2. The number of nitrogens with zero attached hydrogens (tertiary/aromatic N) is 2. The summed E-state index contributed by atoms with van der Waals surface area (Å²) >= 11 is 0. The fourth-order valence-electron chi connectivity index (χ4n) is 3.86. The van der Waals surface area contributed by atoms with Crippen molar-refractivity contribution in [1.29, 1.82) is 0 Å². The summed E-state index contributed by atoms with van der Waals surface area (Å²) in [4.78, 5) is 31.3. The standard InChI is InChI=1S/C16H12N4O2/c21-11-5-6-16(19-11)10-4-2-1-3-9(10)12-13(16)20-8-7-17-14(20)15(22)18-12/h1-4,7-8H,5-6H2,(H,18,22)(H,19,21). The lowest BCUT2D eigenvalue weighted by molar-refractivity contribution is -0.119. The number of aromatic amines is 1. The van der Waals surface area contributed by atoms with Gasteiger partial charge in [0.1, 0.15) is 5.54 Å². The van der Waals surface area contributed by atoms with Crippen molar-refractivity contribution in [2.75, 3.05) is 0 Å². The van der Waals surface area contributed by atoms with E-state index in [4.69, 9.17) is 0 Å². The van der Waals surface area contributed by atoms with Crippen LogP contribution in [-0.4, -0.2) is 20.3 Å². The van der Waals surface area contributed by atoms with Gasteiger partial charge in [-0.25, -0.2) is 4.98 Å². The van der Waals surface area contributed by atoms with E-state index >= 15 is 0 Å². The molecule has 1 saturated heterocycles. The highest BCUT2D eigenvalue weighted by Gasteiger charge is 2.50. The molecule has 1 amide bonds. The van der Waals surface area contributed by atoms with E-state index in [2.05, 4.69) is 15.3 Å². The summed E-state index contributed by atoms with van der Waals surface area (Å²) in [5.41, 5.74) is 3.22. The third-order valence-electron chi connectivity index (χ3n) is 4.70. The minimum Gasteiger partial charge on any atom is -0.341 e. The highest BCUT2D eigenvalue weighted by Crippen LogP contribution is 2.50. The van der Waals surface area contributed by atoms with Crippen molar-refractivity contribution in [3.05, 3.63) is 58.3 Å². The molecule has 6 nitrogen and oxygen atoms in total. The maximum Gasteiger partial charge on any atom is 0.292 e. The number of fused-ring (bicyclic) bond motifs is 7. The summed E-state index contributed by atoms with van der Waals surface area (Å²) in [6.07, 6.45) is 4.54. The number of nitrogens with one attached hydrogen (secondary N) is 2. The number of hydrogen-bond acceptors (Lipinski definition) is 3. The number of benzene rings is 1. The second kappa shape index (κ2) is 3.65. The van der Waals surface area contributed by atoms with Crippen LogP contribution < -0.4 is 10.9 Å². The van der Waals surface area contributed by atoms with Gasteiger partial charge in [0.25, 0.3) is 5.56 Å². The number of carbonyl (C=O) groups excluding carboxylic acids is 1. The molecule has 2 aromatic heterocycles. The topological polar surface area (TPSA) is 79.3 Å². The molecular formula is C16H12N4O2. The van der Waals surface area contributed by atoms with Crippen LogP contribution in [0.4, 0.5) is 0 Å². The zero-order valence-electron chi connectivity index (χ0n) is 11.6. The Bertz CT molecular complexity index is 1020. The van der Waals surface area contributed by atoms with Crippen LogP contribution in [0, 0.1) is 0 Å². The molecule has 108 valence electrons. The molecule has 1 unspecified atom stereocenters. The molecule has 3 heterocycles. The first kappa shape index (κ1) is 11.7. The van der Waals surface area contributed by atoms with Crippen LogP contribution >= 0.6 is 0 Å². The number of aromatic nitrogens is 3. The number of carbonyl (C=O) groups is 1. The van der Waals surface area contributed by atoms with Crippen molar-refractivity contribution >= 4 is 11.6 Å². The molecule has 1 fully saturated rings. The monoisotopic (exact) mass is 292 g/mol. The Morgan fingerprint density at radius 1 is 1.23 bits per heavy atom. The van der Waals surface area contributed by atoms with Crippen molar-refractivity contribution in [2.45, 2.75) is 18.4 Å². The molecule has 1 atom stereocenters. The largest absolute Gasteiger partial charge is 0.341 e. The van der Waals surface area contributed by atoms with Gasteiger partial charge in [-0.3, -0.25) is 14.0 Å². The maximum absolute atomic E-state index is 12.3.